The van der Waals surface area contributed by atoms with E-state index in [0.29, 0.717) is 60.4 Å². The van der Waals surface area contributed by atoms with E-state index in [0.717, 1.165) is 11.1 Å². The molecule has 0 bridgehead atoms. The van der Waals surface area contributed by atoms with Gasteiger partial charge >= 0.3 is 0 Å². The molecule has 0 aliphatic carbocycles. The van der Waals surface area contributed by atoms with Crippen LogP contribution in [0.3, 0.4) is 0 Å². The van der Waals surface area contributed by atoms with Crippen molar-refractivity contribution in [3.63, 3.8) is 0 Å². The van der Waals surface area contributed by atoms with Crippen LogP contribution in [0.5, 0.6) is 5.75 Å². The Morgan fingerprint density at radius 3 is 2.55 bits per heavy atom. The van der Waals surface area contributed by atoms with Crippen molar-refractivity contribution in [1.82, 2.24) is 24.8 Å². The molecular formula is C23H22ClN7O2. The number of benzene rings is 2. The van der Waals surface area contributed by atoms with Crippen LogP contribution in [0.2, 0.25) is 5.02 Å². The quantitative estimate of drug-likeness (QED) is 0.425. The first-order chi connectivity index (χ1) is 16.0. The number of nitrogens with one attached hydrogen (secondary N) is 1. The Balaban J connectivity index is 1.33. The van der Waals surface area contributed by atoms with E-state index in [1.54, 1.807) is 30.3 Å². The lowest BCUT2D eigenvalue weighted by atomic mass is 10.1. The number of piperazine rings is 1. The van der Waals surface area contributed by atoms with Crippen molar-refractivity contribution >= 4 is 40.4 Å². The third-order valence-electron chi connectivity index (χ3n) is 5.67. The number of amides is 1. The number of fused-ring (bicyclic) bond motifs is 1. The normalized spacial score (nSPS) is 14.1. The summed E-state index contributed by atoms with van der Waals surface area (Å²) in [6, 6.07) is 14.1. The highest BCUT2D eigenvalue weighted by molar-refractivity contribution is 6.30. The highest BCUT2D eigenvalue weighted by atomic mass is 35.5. The predicted octanol–water partition coefficient (Wildman–Crippen LogP) is 2.85. The average Bonchev–Trinajstić information content (AvgIpc) is 3.23. The molecule has 1 fully saturated rings. The van der Waals surface area contributed by atoms with Crippen LogP contribution in [0.1, 0.15) is 5.56 Å². The average molecular weight is 464 g/mol. The van der Waals surface area contributed by atoms with Crippen LogP contribution in [0.15, 0.2) is 48.5 Å². The minimum absolute atomic E-state index is 0.0698. The maximum Gasteiger partial charge on any atom is 0.227 e. The molecule has 168 valence electrons. The van der Waals surface area contributed by atoms with Gasteiger partial charge in [0.25, 0.3) is 0 Å². The monoisotopic (exact) mass is 463 g/mol. The van der Waals surface area contributed by atoms with Crippen LogP contribution in [0, 0.1) is 0 Å². The lowest BCUT2D eigenvalue weighted by Crippen LogP contribution is -2.49. The molecule has 10 heteroatoms. The zero-order chi connectivity index (χ0) is 22.9. The fraction of sp³-hybridized carbons (Fsp3) is 0.217. The molecule has 5 rings (SSSR count). The molecule has 1 saturated heterocycles. The molecule has 4 aromatic rings. The number of phenolic OH excluding ortho intramolecular Hbond substituents is 1. The number of H-pyrrole nitrogens is 1. The van der Waals surface area contributed by atoms with Crippen molar-refractivity contribution in [3.8, 4) is 17.1 Å². The van der Waals surface area contributed by atoms with Crippen LogP contribution in [-0.4, -0.2) is 62.0 Å². The summed E-state index contributed by atoms with van der Waals surface area (Å²) in [5.41, 5.74) is 8.83. The third-order valence-corrected chi connectivity index (χ3v) is 5.90. The minimum Gasteiger partial charge on any atom is -0.508 e. The number of aromatic amines is 1. The van der Waals surface area contributed by atoms with Gasteiger partial charge in [0, 0.05) is 36.8 Å². The molecule has 4 N–H and O–H groups in total. The molecule has 1 aliphatic rings. The minimum atomic E-state index is 0.0698. The molecule has 33 heavy (non-hydrogen) atoms. The Labute approximate surface area is 194 Å². The molecule has 1 aliphatic heterocycles. The molecular weight excluding hydrogens is 442 g/mol. The number of hydrogen-bond donors (Lipinski definition) is 3. The maximum atomic E-state index is 12.8. The smallest absolute Gasteiger partial charge is 0.227 e. The Bertz CT molecular complexity index is 1310. The van der Waals surface area contributed by atoms with Gasteiger partial charge < -0.3 is 25.6 Å². The SMILES string of the molecule is Nc1nc(N2CCN(C(=O)Cc3cccc(Cl)c3)CC2)c2[nH]c(-c3ccc(O)cc3)nc2n1. The second-order valence-electron chi connectivity index (χ2n) is 7.91. The summed E-state index contributed by atoms with van der Waals surface area (Å²) in [7, 11) is 0. The number of nitrogens with zero attached hydrogens (tertiary/aromatic N) is 5. The fourth-order valence-corrected chi connectivity index (χ4v) is 4.20. The fourth-order valence-electron chi connectivity index (χ4n) is 3.98. The van der Waals surface area contributed by atoms with E-state index in [4.69, 9.17) is 17.3 Å². The van der Waals surface area contributed by atoms with E-state index in [9.17, 15) is 9.90 Å². The van der Waals surface area contributed by atoms with Crippen molar-refractivity contribution in [3.05, 3.63) is 59.1 Å². The number of aromatic hydroxyl groups is 1. The van der Waals surface area contributed by atoms with Gasteiger partial charge in [-0.1, -0.05) is 23.7 Å². The highest BCUT2D eigenvalue weighted by Crippen LogP contribution is 2.28. The standard InChI is InChI=1S/C23H22ClN7O2/c24-16-3-1-2-14(12-16)13-18(33)30-8-10-31(11-9-30)22-19-21(28-23(25)29-22)27-20(26-19)15-4-6-17(32)7-5-15/h1-7,12,32H,8-11,13H2,(H3,25,26,27,28,29). The molecule has 0 atom stereocenters. The number of hydrogen-bond acceptors (Lipinski definition) is 7. The van der Waals surface area contributed by atoms with Crippen LogP contribution >= 0.6 is 11.6 Å². The lowest BCUT2D eigenvalue weighted by molar-refractivity contribution is -0.130. The number of carbonyl (C=O) groups excluding carboxylic acids is 1. The number of rotatable bonds is 4. The van der Waals surface area contributed by atoms with Gasteiger partial charge in [-0.25, -0.2) is 4.98 Å². The number of nitrogens with two attached hydrogens (primary N) is 1. The van der Waals surface area contributed by atoms with E-state index >= 15 is 0 Å². The number of phenols is 1. The third kappa shape index (κ3) is 4.40. The van der Waals surface area contributed by atoms with E-state index in [1.165, 1.54) is 0 Å². The number of halogens is 1. The first-order valence-corrected chi connectivity index (χ1v) is 10.9. The van der Waals surface area contributed by atoms with Crippen molar-refractivity contribution in [2.45, 2.75) is 6.42 Å². The van der Waals surface area contributed by atoms with Gasteiger partial charge in [-0.15, -0.1) is 0 Å². The van der Waals surface area contributed by atoms with Crippen molar-refractivity contribution in [2.24, 2.45) is 0 Å². The number of imidazole rings is 1. The van der Waals surface area contributed by atoms with E-state index < -0.39 is 0 Å². The Morgan fingerprint density at radius 1 is 1.06 bits per heavy atom. The highest BCUT2D eigenvalue weighted by Gasteiger charge is 2.25. The molecule has 0 unspecified atom stereocenters. The first-order valence-electron chi connectivity index (χ1n) is 10.6. The van der Waals surface area contributed by atoms with E-state index in [1.807, 2.05) is 23.1 Å². The van der Waals surface area contributed by atoms with Gasteiger partial charge in [-0.2, -0.15) is 9.97 Å². The lowest BCUT2D eigenvalue weighted by Gasteiger charge is -2.35. The van der Waals surface area contributed by atoms with Crippen LogP contribution < -0.4 is 10.6 Å². The van der Waals surface area contributed by atoms with Gasteiger partial charge in [0.15, 0.2) is 11.5 Å². The number of nitrogen functional groups attached to an aromatic ring is 1. The topological polar surface area (TPSA) is 124 Å². The summed E-state index contributed by atoms with van der Waals surface area (Å²) < 4.78 is 0. The Kier molecular flexibility index (Phi) is 5.47. The first kappa shape index (κ1) is 21.0. The summed E-state index contributed by atoms with van der Waals surface area (Å²) in [5, 5.41) is 10.2. The molecule has 0 spiro atoms. The molecule has 1 amide bonds. The molecule has 2 aromatic carbocycles. The Morgan fingerprint density at radius 2 is 1.82 bits per heavy atom. The van der Waals surface area contributed by atoms with E-state index in [-0.39, 0.29) is 17.6 Å². The summed E-state index contributed by atoms with van der Waals surface area (Å²) >= 11 is 6.04. The summed E-state index contributed by atoms with van der Waals surface area (Å²) in [6.07, 6.45) is 0.321. The second kappa shape index (κ2) is 8.59. The number of anilines is 2. The van der Waals surface area contributed by atoms with Crippen LogP contribution in [-0.2, 0) is 11.2 Å². The van der Waals surface area contributed by atoms with Crippen LogP contribution in [0.25, 0.3) is 22.6 Å². The zero-order valence-corrected chi connectivity index (χ0v) is 18.5. The summed E-state index contributed by atoms with van der Waals surface area (Å²) in [5.74, 6) is 1.67. The summed E-state index contributed by atoms with van der Waals surface area (Å²) in [4.78, 5) is 33.3. The van der Waals surface area contributed by atoms with E-state index in [2.05, 4.69) is 24.8 Å². The zero-order valence-electron chi connectivity index (χ0n) is 17.7. The second-order valence-corrected chi connectivity index (χ2v) is 8.35. The molecule has 2 aromatic heterocycles. The predicted molar refractivity (Wildman–Crippen MR) is 127 cm³/mol. The van der Waals surface area contributed by atoms with Gasteiger partial charge in [0.2, 0.25) is 11.9 Å². The van der Waals surface area contributed by atoms with Crippen molar-refractivity contribution in [2.75, 3.05) is 36.8 Å². The van der Waals surface area contributed by atoms with Crippen molar-refractivity contribution < 1.29 is 9.90 Å². The Hall–Kier alpha value is -3.85. The van der Waals surface area contributed by atoms with Gasteiger partial charge in [0.05, 0.1) is 6.42 Å². The molecule has 0 radical (unpaired) electrons. The largest absolute Gasteiger partial charge is 0.508 e. The van der Waals surface area contributed by atoms with Crippen molar-refractivity contribution in [1.29, 1.82) is 0 Å². The molecule has 3 heterocycles. The van der Waals surface area contributed by atoms with Gasteiger partial charge in [-0.3, -0.25) is 4.79 Å². The van der Waals surface area contributed by atoms with Crippen LogP contribution in [0.4, 0.5) is 11.8 Å². The van der Waals surface area contributed by atoms with Gasteiger partial charge in [0.1, 0.15) is 17.1 Å². The maximum absolute atomic E-state index is 12.8. The summed E-state index contributed by atoms with van der Waals surface area (Å²) in [6.45, 7) is 2.37. The molecule has 9 nitrogen and oxygen atoms in total. The number of carbonyl (C=O) groups is 1. The number of aromatic nitrogens is 4. The van der Waals surface area contributed by atoms with Gasteiger partial charge in [-0.05, 0) is 42.0 Å². The molecule has 0 saturated carbocycles.